The van der Waals surface area contributed by atoms with Gasteiger partial charge in [-0.05, 0) is 26.7 Å². The smallest absolute Gasteiger partial charge is 0.305 e. The molecule has 0 spiro atoms. The molecule has 0 aromatic carbocycles. The number of carboxylic acid groups (broad SMARTS) is 1. The fourth-order valence-electron chi connectivity index (χ4n) is 2.78. The van der Waals surface area contributed by atoms with Crippen molar-refractivity contribution < 1.29 is 14.7 Å². The van der Waals surface area contributed by atoms with Crippen molar-refractivity contribution in [3.05, 3.63) is 17.0 Å². The molecule has 22 heavy (non-hydrogen) atoms. The topological polar surface area (TPSA) is 75.4 Å². The summed E-state index contributed by atoms with van der Waals surface area (Å²) in [6, 6.07) is 0. The van der Waals surface area contributed by atoms with Crippen molar-refractivity contribution in [3.8, 4) is 0 Å². The minimum absolute atomic E-state index is 0.0316. The number of carbonyl (C=O) groups excluding carboxylic acids is 1. The Morgan fingerprint density at radius 1 is 1.27 bits per heavy atom. The Hall–Kier alpha value is -1.85. The molecule has 1 atom stereocenters. The van der Waals surface area contributed by atoms with Crippen molar-refractivity contribution in [3.63, 3.8) is 0 Å². The van der Waals surface area contributed by atoms with E-state index in [1.807, 2.05) is 41.7 Å². The summed E-state index contributed by atoms with van der Waals surface area (Å²) in [4.78, 5) is 25.3. The van der Waals surface area contributed by atoms with E-state index in [4.69, 9.17) is 5.11 Å². The van der Waals surface area contributed by atoms with Gasteiger partial charge in [0.15, 0.2) is 0 Å². The van der Waals surface area contributed by atoms with Crippen molar-refractivity contribution in [1.29, 1.82) is 0 Å². The number of nitrogens with zero attached hydrogens (tertiary/aromatic N) is 3. The van der Waals surface area contributed by atoms with Crippen LogP contribution in [-0.2, 0) is 16.6 Å². The molecule has 0 aliphatic carbocycles. The van der Waals surface area contributed by atoms with Crippen molar-refractivity contribution in [2.24, 2.45) is 13.0 Å². The normalized spacial score (nSPS) is 12.5. The maximum Gasteiger partial charge on any atom is 0.305 e. The lowest BCUT2D eigenvalue weighted by molar-refractivity contribution is -0.139. The fourth-order valence-corrected chi connectivity index (χ4v) is 2.78. The predicted octanol–water partition coefficient (Wildman–Crippen LogP) is 2.10. The number of carboxylic acids is 1. The number of carbonyl (C=O) groups is 2. The lowest BCUT2D eigenvalue weighted by Crippen LogP contribution is -2.38. The first-order chi connectivity index (χ1) is 10.1. The average molecular weight is 309 g/mol. The fraction of sp³-hybridized carbons (Fsp3) is 0.688. The Bertz CT molecular complexity index is 549. The minimum atomic E-state index is -0.886. The van der Waals surface area contributed by atoms with Gasteiger partial charge in [-0.1, -0.05) is 13.8 Å². The number of aromatic nitrogens is 2. The van der Waals surface area contributed by atoms with Crippen molar-refractivity contribution in [2.45, 2.75) is 47.0 Å². The predicted molar refractivity (Wildman–Crippen MR) is 84.8 cm³/mol. The van der Waals surface area contributed by atoms with E-state index >= 15 is 0 Å². The van der Waals surface area contributed by atoms with E-state index in [0.29, 0.717) is 12.5 Å². The Morgan fingerprint density at radius 2 is 1.86 bits per heavy atom. The SMILES string of the molecule is Cc1nn(C)c(C)c1C(C)C(=O)N(CCC(=O)O)CC(C)C. The Morgan fingerprint density at radius 3 is 2.27 bits per heavy atom. The van der Waals surface area contributed by atoms with E-state index in [9.17, 15) is 9.59 Å². The highest BCUT2D eigenvalue weighted by molar-refractivity contribution is 5.84. The van der Waals surface area contributed by atoms with Crippen LogP contribution in [0.2, 0.25) is 0 Å². The molecular formula is C16H27N3O3. The van der Waals surface area contributed by atoms with Gasteiger partial charge in [0.1, 0.15) is 0 Å². The van der Waals surface area contributed by atoms with Gasteiger partial charge in [-0.3, -0.25) is 14.3 Å². The summed E-state index contributed by atoms with van der Waals surface area (Å²) < 4.78 is 1.78. The summed E-state index contributed by atoms with van der Waals surface area (Å²) in [6.45, 7) is 10.6. The number of amides is 1. The molecule has 124 valence electrons. The van der Waals surface area contributed by atoms with Gasteiger partial charge in [0.25, 0.3) is 0 Å². The number of aliphatic carboxylic acids is 1. The van der Waals surface area contributed by atoms with Gasteiger partial charge in [-0.25, -0.2) is 0 Å². The third kappa shape index (κ3) is 4.32. The van der Waals surface area contributed by atoms with E-state index < -0.39 is 5.97 Å². The van der Waals surface area contributed by atoms with Crippen LogP contribution in [0.15, 0.2) is 0 Å². The van der Waals surface area contributed by atoms with Gasteiger partial charge in [0, 0.05) is 31.4 Å². The summed E-state index contributed by atoms with van der Waals surface area (Å²) >= 11 is 0. The first kappa shape index (κ1) is 18.2. The molecule has 1 aromatic rings. The van der Waals surface area contributed by atoms with Gasteiger partial charge in [-0.2, -0.15) is 5.10 Å². The monoisotopic (exact) mass is 309 g/mol. The maximum atomic E-state index is 12.8. The molecule has 0 saturated heterocycles. The molecule has 1 N–H and O–H groups in total. The van der Waals surface area contributed by atoms with E-state index in [-0.39, 0.29) is 24.8 Å². The van der Waals surface area contributed by atoms with Gasteiger partial charge in [0.2, 0.25) is 5.91 Å². The van der Waals surface area contributed by atoms with Crippen molar-refractivity contribution in [2.75, 3.05) is 13.1 Å². The van der Waals surface area contributed by atoms with E-state index in [0.717, 1.165) is 17.0 Å². The molecule has 1 aromatic heterocycles. The van der Waals surface area contributed by atoms with Gasteiger partial charge >= 0.3 is 5.97 Å². The second-order valence-corrected chi connectivity index (χ2v) is 6.25. The molecule has 6 nitrogen and oxygen atoms in total. The zero-order valence-electron chi connectivity index (χ0n) is 14.4. The van der Waals surface area contributed by atoms with Crippen molar-refractivity contribution >= 4 is 11.9 Å². The quantitative estimate of drug-likeness (QED) is 0.837. The third-order valence-corrected chi connectivity index (χ3v) is 3.86. The van der Waals surface area contributed by atoms with Crippen LogP contribution in [0.1, 0.15) is 50.1 Å². The standard InChI is InChI=1S/C16H27N3O3/c1-10(2)9-19(8-7-14(20)21)16(22)11(3)15-12(4)17-18(6)13(15)5/h10-11H,7-9H2,1-6H3,(H,20,21). The summed E-state index contributed by atoms with van der Waals surface area (Å²) in [5.41, 5.74) is 2.77. The highest BCUT2D eigenvalue weighted by Crippen LogP contribution is 2.25. The largest absolute Gasteiger partial charge is 0.481 e. The van der Waals surface area contributed by atoms with Crippen LogP contribution < -0.4 is 0 Å². The number of aryl methyl sites for hydroxylation is 2. The lowest BCUT2D eigenvalue weighted by atomic mass is 9.97. The number of rotatable bonds is 7. The Labute approximate surface area is 132 Å². The summed E-state index contributed by atoms with van der Waals surface area (Å²) in [5, 5.41) is 13.2. The summed E-state index contributed by atoms with van der Waals surface area (Å²) in [7, 11) is 1.86. The van der Waals surface area contributed by atoms with Crippen LogP contribution in [0.3, 0.4) is 0 Å². The second-order valence-electron chi connectivity index (χ2n) is 6.25. The molecule has 0 fully saturated rings. The zero-order chi connectivity index (χ0) is 17.0. The average Bonchev–Trinajstić information content (AvgIpc) is 2.66. The molecule has 6 heteroatoms. The maximum absolute atomic E-state index is 12.8. The Kier molecular flexibility index (Phi) is 6.14. The third-order valence-electron chi connectivity index (χ3n) is 3.86. The van der Waals surface area contributed by atoms with E-state index in [2.05, 4.69) is 5.10 Å². The molecule has 1 amide bonds. The number of hydrogen-bond donors (Lipinski definition) is 1. The highest BCUT2D eigenvalue weighted by Gasteiger charge is 2.27. The molecule has 0 bridgehead atoms. The minimum Gasteiger partial charge on any atom is -0.481 e. The van der Waals surface area contributed by atoms with Crippen LogP contribution in [0, 0.1) is 19.8 Å². The van der Waals surface area contributed by atoms with Crippen LogP contribution >= 0.6 is 0 Å². The first-order valence-electron chi connectivity index (χ1n) is 7.65. The van der Waals surface area contributed by atoms with Gasteiger partial charge in [-0.15, -0.1) is 0 Å². The van der Waals surface area contributed by atoms with Crippen LogP contribution in [0.5, 0.6) is 0 Å². The van der Waals surface area contributed by atoms with Gasteiger partial charge < -0.3 is 10.0 Å². The summed E-state index contributed by atoms with van der Waals surface area (Å²) in [5.74, 6) is -0.945. The van der Waals surface area contributed by atoms with Crippen LogP contribution in [0.4, 0.5) is 0 Å². The Balaban J connectivity index is 2.98. The van der Waals surface area contributed by atoms with Gasteiger partial charge in [0.05, 0.1) is 18.0 Å². The zero-order valence-corrected chi connectivity index (χ0v) is 14.4. The molecule has 0 aliphatic heterocycles. The molecule has 1 rings (SSSR count). The van der Waals surface area contributed by atoms with Crippen LogP contribution in [0.25, 0.3) is 0 Å². The van der Waals surface area contributed by atoms with Crippen LogP contribution in [-0.4, -0.2) is 44.8 Å². The molecule has 0 saturated carbocycles. The molecule has 0 radical (unpaired) electrons. The lowest BCUT2D eigenvalue weighted by Gasteiger charge is -2.27. The first-order valence-corrected chi connectivity index (χ1v) is 7.65. The van der Waals surface area contributed by atoms with E-state index in [1.165, 1.54) is 0 Å². The molecular weight excluding hydrogens is 282 g/mol. The molecule has 1 unspecified atom stereocenters. The molecule has 0 aliphatic rings. The molecule has 1 heterocycles. The van der Waals surface area contributed by atoms with Crippen molar-refractivity contribution in [1.82, 2.24) is 14.7 Å². The second kappa shape index (κ2) is 7.42. The van der Waals surface area contributed by atoms with E-state index in [1.54, 1.807) is 9.58 Å². The highest BCUT2D eigenvalue weighted by atomic mass is 16.4. The summed E-state index contributed by atoms with van der Waals surface area (Å²) in [6.07, 6.45) is -0.0316. The number of hydrogen-bond acceptors (Lipinski definition) is 3.